The van der Waals surface area contributed by atoms with Crippen LogP contribution in [0.4, 0.5) is 5.82 Å². The first-order valence-corrected chi connectivity index (χ1v) is 6.74. The summed E-state index contributed by atoms with van der Waals surface area (Å²) in [5.41, 5.74) is 1.82. The Balaban J connectivity index is 1.78. The van der Waals surface area contributed by atoms with Crippen molar-refractivity contribution in [3.05, 3.63) is 54.1 Å². The number of nitrogens with zero attached hydrogens (tertiary/aromatic N) is 3. The number of aromatic nitrogens is 3. The Morgan fingerprint density at radius 3 is 2.90 bits per heavy atom. The van der Waals surface area contributed by atoms with E-state index in [-0.39, 0.29) is 0 Å². The zero-order valence-electron chi connectivity index (χ0n) is 12.0. The summed E-state index contributed by atoms with van der Waals surface area (Å²) in [6, 6.07) is 11.7. The standard InChI is InChI=1S/C16H16N4O/c1-11-8-15(17-2)20-16(19-11)10-21-13-6-5-12-4-3-7-18-14(12)9-13/h3-9H,10H2,1-2H3,(H,17,19,20). The van der Waals surface area contributed by atoms with Gasteiger partial charge in [-0.25, -0.2) is 9.97 Å². The predicted molar refractivity (Wildman–Crippen MR) is 82.4 cm³/mol. The van der Waals surface area contributed by atoms with Crippen LogP contribution in [0.25, 0.3) is 10.9 Å². The number of hydrogen-bond donors (Lipinski definition) is 1. The van der Waals surface area contributed by atoms with Gasteiger partial charge in [0.15, 0.2) is 5.82 Å². The van der Waals surface area contributed by atoms with Gasteiger partial charge in [0.25, 0.3) is 0 Å². The summed E-state index contributed by atoms with van der Waals surface area (Å²) in [5, 5.41) is 4.11. The average Bonchev–Trinajstić information content (AvgIpc) is 2.52. The second-order valence-corrected chi connectivity index (χ2v) is 4.71. The Kier molecular flexibility index (Phi) is 3.64. The number of anilines is 1. The van der Waals surface area contributed by atoms with Crippen LogP contribution in [-0.4, -0.2) is 22.0 Å². The van der Waals surface area contributed by atoms with E-state index in [9.17, 15) is 0 Å². The smallest absolute Gasteiger partial charge is 0.168 e. The van der Waals surface area contributed by atoms with Gasteiger partial charge in [-0.15, -0.1) is 0 Å². The molecule has 1 aromatic carbocycles. The average molecular weight is 280 g/mol. The zero-order chi connectivity index (χ0) is 14.7. The van der Waals surface area contributed by atoms with Gasteiger partial charge in [0, 0.05) is 36.5 Å². The van der Waals surface area contributed by atoms with E-state index >= 15 is 0 Å². The number of ether oxygens (including phenoxy) is 1. The molecule has 2 aromatic heterocycles. The van der Waals surface area contributed by atoms with Crippen LogP contribution in [0.2, 0.25) is 0 Å². The molecule has 106 valence electrons. The fraction of sp³-hybridized carbons (Fsp3) is 0.188. The summed E-state index contributed by atoms with van der Waals surface area (Å²) in [7, 11) is 1.83. The summed E-state index contributed by atoms with van der Waals surface area (Å²) in [5.74, 6) is 2.21. The Hall–Kier alpha value is -2.69. The summed E-state index contributed by atoms with van der Waals surface area (Å²) < 4.78 is 5.76. The molecule has 0 aliphatic rings. The second-order valence-electron chi connectivity index (χ2n) is 4.71. The summed E-state index contributed by atoms with van der Waals surface area (Å²) in [4.78, 5) is 13.1. The summed E-state index contributed by atoms with van der Waals surface area (Å²) in [6.07, 6.45) is 1.77. The molecule has 3 rings (SSSR count). The molecule has 0 saturated heterocycles. The van der Waals surface area contributed by atoms with Gasteiger partial charge >= 0.3 is 0 Å². The van der Waals surface area contributed by atoms with Crippen LogP contribution in [0.1, 0.15) is 11.5 Å². The topological polar surface area (TPSA) is 59.9 Å². The monoisotopic (exact) mass is 280 g/mol. The molecular weight excluding hydrogens is 264 g/mol. The van der Waals surface area contributed by atoms with Crippen molar-refractivity contribution >= 4 is 16.7 Å². The molecular formula is C16H16N4O. The van der Waals surface area contributed by atoms with Gasteiger partial charge in [-0.1, -0.05) is 6.07 Å². The maximum Gasteiger partial charge on any atom is 0.168 e. The van der Waals surface area contributed by atoms with Gasteiger partial charge in [-0.05, 0) is 25.1 Å². The lowest BCUT2D eigenvalue weighted by atomic mass is 10.2. The van der Waals surface area contributed by atoms with Crippen molar-refractivity contribution in [1.29, 1.82) is 0 Å². The summed E-state index contributed by atoms with van der Waals surface area (Å²) >= 11 is 0. The van der Waals surface area contributed by atoms with Gasteiger partial charge in [0.2, 0.25) is 0 Å². The molecule has 21 heavy (non-hydrogen) atoms. The molecule has 0 unspecified atom stereocenters. The highest BCUT2D eigenvalue weighted by Gasteiger charge is 2.03. The van der Waals surface area contributed by atoms with E-state index < -0.39 is 0 Å². The number of hydrogen-bond acceptors (Lipinski definition) is 5. The highest BCUT2D eigenvalue weighted by molar-refractivity contribution is 5.79. The Morgan fingerprint density at radius 2 is 2.05 bits per heavy atom. The molecule has 5 nitrogen and oxygen atoms in total. The summed E-state index contributed by atoms with van der Waals surface area (Å²) in [6.45, 7) is 2.26. The van der Waals surface area contributed by atoms with Crippen LogP contribution in [0, 0.1) is 6.92 Å². The van der Waals surface area contributed by atoms with Gasteiger partial charge in [0.05, 0.1) is 5.52 Å². The fourth-order valence-electron chi connectivity index (χ4n) is 2.11. The first-order valence-electron chi connectivity index (χ1n) is 6.74. The number of nitrogens with one attached hydrogen (secondary N) is 1. The van der Waals surface area contributed by atoms with Crippen LogP contribution >= 0.6 is 0 Å². The number of rotatable bonds is 4. The van der Waals surface area contributed by atoms with Crippen molar-refractivity contribution in [2.45, 2.75) is 13.5 Å². The van der Waals surface area contributed by atoms with E-state index in [0.29, 0.717) is 12.4 Å². The molecule has 0 amide bonds. The molecule has 0 radical (unpaired) electrons. The van der Waals surface area contributed by atoms with E-state index in [1.807, 2.05) is 50.4 Å². The minimum Gasteiger partial charge on any atom is -0.486 e. The molecule has 2 heterocycles. The molecule has 1 N–H and O–H groups in total. The molecule has 0 fully saturated rings. The first kappa shape index (κ1) is 13.3. The highest BCUT2D eigenvalue weighted by Crippen LogP contribution is 2.19. The maximum atomic E-state index is 5.76. The third-order valence-electron chi connectivity index (χ3n) is 3.10. The van der Waals surface area contributed by atoms with Crippen molar-refractivity contribution in [2.75, 3.05) is 12.4 Å². The molecule has 0 bridgehead atoms. The third-order valence-corrected chi connectivity index (χ3v) is 3.10. The predicted octanol–water partition coefficient (Wildman–Crippen LogP) is 2.95. The normalized spacial score (nSPS) is 10.6. The third kappa shape index (κ3) is 3.08. The lowest BCUT2D eigenvalue weighted by Gasteiger charge is -2.08. The minimum absolute atomic E-state index is 0.328. The number of aryl methyl sites for hydroxylation is 1. The van der Waals surface area contributed by atoms with Crippen molar-refractivity contribution in [3.8, 4) is 5.75 Å². The Morgan fingerprint density at radius 1 is 1.14 bits per heavy atom. The first-order chi connectivity index (χ1) is 10.2. The number of fused-ring (bicyclic) bond motifs is 1. The second kappa shape index (κ2) is 5.75. The van der Waals surface area contributed by atoms with E-state index in [1.165, 1.54) is 0 Å². The van der Waals surface area contributed by atoms with Crippen LogP contribution < -0.4 is 10.1 Å². The van der Waals surface area contributed by atoms with Gasteiger partial charge in [0.1, 0.15) is 18.2 Å². The van der Waals surface area contributed by atoms with Crippen LogP contribution in [0.15, 0.2) is 42.6 Å². The Labute approximate surface area is 123 Å². The number of benzene rings is 1. The zero-order valence-corrected chi connectivity index (χ0v) is 12.0. The highest BCUT2D eigenvalue weighted by atomic mass is 16.5. The fourth-order valence-corrected chi connectivity index (χ4v) is 2.11. The van der Waals surface area contributed by atoms with Crippen molar-refractivity contribution in [1.82, 2.24) is 15.0 Å². The molecule has 0 saturated carbocycles. The van der Waals surface area contributed by atoms with Crippen LogP contribution in [0.3, 0.4) is 0 Å². The van der Waals surface area contributed by atoms with Gasteiger partial charge < -0.3 is 10.1 Å². The quantitative estimate of drug-likeness (QED) is 0.796. The van der Waals surface area contributed by atoms with E-state index in [1.54, 1.807) is 6.20 Å². The maximum absolute atomic E-state index is 5.76. The SMILES string of the molecule is CNc1cc(C)nc(COc2ccc3cccnc3c2)n1. The van der Waals surface area contributed by atoms with Gasteiger partial charge in [-0.2, -0.15) is 0 Å². The van der Waals surface area contributed by atoms with E-state index in [0.717, 1.165) is 28.2 Å². The molecule has 0 atom stereocenters. The van der Waals surface area contributed by atoms with E-state index in [4.69, 9.17) is 4.74 Å². The largest absolute Gasteiger partial charge is 0.486 e. The lowest BCUT2D eigenvalue weighted by molar-refractivity contribution is 0.296. The Bertz CT molecular complexity index is 773. The minimum atomic E-state index is 0.328. The van der Waals surface area contributed by atoms with Crippen molar-refractivity contribution < 1.29 is 4.74 Å². The molecule has 0 spiro atoms. The van der Waals surface area contributed by atoms with Gasteiger partial charge in [-0.3, -0.25) is 4.98 Å². The molecule has 5 heteroatoms. The molecule has 0 aliphatic heterocycles. The number of pyridine rings is 1. The van der Waals surface area contributed by atoms with Crippen LogP contribution in [-0.2, 0) is 6.61 Å². The molecule has 3 aromatic rings. The molecule has 0 aliphatic carbocycles. The lowest BCUT2D eigenvalue weighted by Crippen LogP contribution is -2.05. The van der Waals surface area contributed by atoms with E-state index in [2.05, 4.69) is 20.3 Å². The van der Waals surface area contributed by atoms with Crippen LogP contribution in [0.5, 0.6) is 5.75 Å². The van der Waals surface area contributed by atoms with Crippen molar-refractivity contribution in [2.24, 2.45) is 0 Å². The van der Waals surface area contributed by atoms with Crippen molar-refractivity contribution in [3.63, 3.8) is 0 Å².